The topological polar surface area (TPSA) is 352 Å². The van der Waals surface area contributed by atoms with Crippen LogP contribution in [0.2, 0.25) is 0 Å². The first-order valence-electron chi connectivity index (χ1n) is 29.0. The van der Waals surface area contributed by atoms with Crippen molar-refractivity contribution in [3.05, 3.63) is 72.8 Å². The summed E-state index contributed by atoms with van der Waals surface area (Å²) in [6.07, 6.45) is 18.1. The lowest BCUT2D eigenvalue weighted by atomic mass is 9.96. The number of hydrogen-bond acceptors (Lipinski definition) is 19. The van der Waals surface area contributed by atoms with Crippen molar-refractivity contribution in [3.8, 4) is 34.5 Å². The van der Waals surface area contributed by atoms with Gasteiger partial charge >= 0.3 is 17.9 Å². The van der Waals surface area contributed by atoms with Crippen LogP contribution >= 0.6 is 0 Å². The maximum Gasteiger partial charge on any atom is 0.336 e. The molecule has 13 N–H and O–H groups in total. The Bertz CT molecular complexity index is 1790. The molecule has 0 aliphatic heterocycles. The van der Waals surface area contributed by atoms with Gasteiger partial charge in [-0.25, -0.2) is 4.79 Å². The zero-order chi connectivity index (χ0) is 60.9. The molecule has 0 bridgehead atoms. The number of rotatable bonds is 47. The number of ether oxygens (including phenoxy) is 3. The van der Waals surface area contributed by atoms with Gasteiger partial charge in [0.1, 0.15) is 0 Å². The minimum atomic E-state index is -2.74. The molecule has 470 valence electrons. The Balaban J connectivity index is 0.00000109. The van der Waals surface area contributed by atoms with E-state index in [4.69, 9.17) is 65.3 Å². The molecule has 22 nitrogen and oxygen atoms in total. The zero-order valence-corrected chi connectivity index (χ0v) is 48.4. The van der Waals surface area contributed by atoms with Gasteiger partial charge in [0.05, 0.1) is 72.3 Å². The van der Waals surface area contributed by atoms with E-state index >= 15 is 0 Å². The predicted octanol–water partition coefficient (Wildman–Crippen LogP) is 5.95. The first-order valence-corrected chi connectivity index (χ1v) is 29.0. The summed E-state index contributed by atoms with van der Waals surface area (Å²) in [6, 6.07) is 21.1. The number of phenolic OH excluding ortho intramolecular Hbond substituents is 3. The molecule has 0 radical (unpaired) electrons. The predicted molar refractivity (Wildman–Crippen MR) is 313 cm³/mol. The van der Waals surface area contributed by atoms with E-state index in [1.54, 1.807) is 54.6 Å². The van der Waals surface area contributed by atoms with Crippen molar-refractivity contribution in [1.82, 2.24) is 14.7 Å². The molecule has 0 unspecified atom stereocenters. The average molecular weight is 1170 g/mol. The average Bonchev–Trinajstić information content (AvgIpc) is 3.48. The Morgan fingerprint density at radius 1 is 0.341 bits per heavy atom. The highest BCUT2D eigenvalue weighted by atomic mass is 16.5. The Morgan fingerprint density at radius 2 is 0.561 bits per heavy atom. The molecule has 0 fully saturated rings. The number of carboxylic acids is 3. The Morgan fingerprint density at radius 3 is 0.768 bits per heavy atom. The van der Waals surface area contributed by atoms with Crippen LogP contribution in [0.4, 0.5) is 0 Å². The Hall–Kier alpha value is -5.53. The quantitative estimate of drug-likeness (QED) is 0.0291. The summed E-state index contributed by atoms with van der Waals surface area (Å²) in [5, 5.41) is 116. The number of para-hydroxylation sites is 6. The van der Waals surface area contributed by atoms with Crippen LogP contribution in [0.25, 0.3) is 0 Å². The van der Waals surface area contributed by atoms with Gasteiger partial charge < -0.3 is 80.6 Å². The Kier molecular flexibility index (Phi) is 48.8. The monoisotopic (exact) mass is 1170 g/mol. The van der Waals surface area contributed by atoms with Crippen LogP contribution in [0.1, 0.15) is 128 Å². The van der Waals surface area contributed by atoms with Gasteiger partial charge in [-0.1, -0.05) is 113 Å². The molecular formula is C60H101N3O19. The second kappa shape index (κ2) is 52.3. The molecular weight excluding hydrogens is 1070 g/mol. The lowest BCUT2D eigenvalue weighted by molar-refractivity contribution is -0.170. The summed E-state index contributed by atoms with van der Waals surface area (Å²) >= 11 is 0. The second-order valence-corrected chi connectivity index (χ2v) is 19.7. The highest BCUT2D eigenvalue weighted by Crippen LogP contribution is 2.27. The lowest BCUT2D eigenvalue weighted by Crippen LogP contribution is -2.42. The fourth-order valence-corrected chi connectivity index (χ4v) is 8.29. The molecule has 0 aliphatic rings. The van der Waals surface area contributed by atoms with Crippen LogP contribution in [0.5, 0.6) is 34.5 Å². The Labute approximate surface area is 485 Å². The highest BCUT2D eigenvalue weighted by molar-refractivity contribution is 5.88. The van der Waals surface area contributed by atoms with E-state index in [1.807, 2.05) is 18.2 Å². The SMILES string of the molecule is O=C(O)CC(O)(CC(=O)O)C(=O)O.OCCN(CCO)CCCCCCCCOc1ccccc1O.OCCN(CCO)CCCCCCCCOc1ccccc1O.OCCN(CCO)CCCCCCCCOc1ccccc1O. The number of phenols is 3. The maximum absolute atomic E-state index is 10.3. The molecule has 0 aromatic heterocycles. The minimum Gasteiger partial charge on any atom is -0.504 e. The van der Waals surface area contributed by atoms with Gasteiger partial charge in [0.25, 0.3) is 0 Å². The molecule has 0 aliphatic carbocycles. The summed E-state index contributed by atoms with van der Waals surface area (Å²) in [7, 11) is 0. The third-order valence-electron chi connectivity index (χ3n) is 12.8. The van der Waals surface area contributed by atoms with Gasteiger partial charge in [-0.3, -0.25) is 24.3 Å². The number of carboxylic acid groups (broad SMARTS) is 3. The molecule has 82 heavy (non-hydrogen) atoms. The second-order valence-electron chi connectivity index (χ2n) is 19.7. The van der Waals surface area contributed by atoms with Crippen molar-refractivity contribution in [2.45, 2.75) is 134 Å². The van der Waals surface area contributed by atoms with Crippen LogP contribution < -0.4 is 14.2 Å². The number of aliphatic carboxylic acids is 3. The lowest BCUT2D eigenvalue weighted by Gasteiger charge is -2.19. The van der Waals surface area contributed by atoms with E-state index in [-0.39, 0.29) is 56.9 Å². The molecule has 0 amide bonds. The van der Waals surface area contributed by atoms with Crippen molar-refractivity contribution in [3.63, 3.8) is 0 Å². The van der Waals surface area contributed by atoms with Gasteiger partial charge in [0.2, 0.25) is 0 Å². The fraction of sp³-hybridized carbons (Fsp3) is 0.650. The number of benzene rings is 3. The molecule has 3 aromatic rings. The van der Waals surface area contributed by atoms with Crippen molar-refractivity contribution in [2.24, 2.45) is 0 Å². The van der Waals surface area contributed by atoms with Crippen LogP contribution in [0, 0.1) is 0 Å². The smallest absolute Gasteiger partial charge is 0.336 e. The number of carbonyl (C=O) groups is 3. The van der Waals surface area contributed by atoms with Crippen molar-refractivity contribution in [1.29, 1.82) is 0 Å². The van der Waals surface area contributed by atoms with E-state index in [1.165, 1.54) is 57.8 Å². The third-order valence-corrected chi connectivity index (χ3v) is 12.8. The van der Waals surface area contributed by atoms with Crippen LogP contribution in [-0.2, 0) is 14.4 Å². The first-order chi connectivity index (χ1) is 39.6. The van der Waals surface area contributed by atoms with Gasteiger partial charge in [-0.15, -0.1) is 0 Å². The molecule has 0 heterocycles. The van der Waals surface area contributed by atoms with Crippen LogP contribution in [-0.4, -0.2) is 223 Å². The van der Waals surface area contributed by atoms with Gasteiger partial charge in [-0.2, -0.15) is 0 Å². The standard InChI is InChI=1S/3C18H31NO4.C6H8O7/c3*20-14-12-19(13-15-21)11-7-3-1-2-4-8-16-23-18-10-6-5-9-17(18)22;7-3(8)1-6(13,5(11)12)2-4(9)10/h3*5-6,9-10,20-22H,1-4,7-8,11-16H2;13H,1-2H2,(H,7,8)(H,9,10)(H,11,12). The molecule has 3 aromatic carbocycles. The van der Waals surface area contributed by atoms with E-state index in [9.17, 15) is 29.7 Å². The number of aliphatic hydroxyl groups is 7. The molecule has 22 heteroatoms. The number of hydrogen-bond donors (Lipinski definition) is 13. The highest BCUT2D eigenvalue weighted by Gasteiger charge is 2.40. The summed E-state index contributed by atoms with van der Waals surface area (Å²) in [5.74, 6) is -2.76. The number of nitrogens with zero attached hydrogens (tertiary/aromatic N) is 3. The summed E-state index contributed by atoms with van der Waals surface area (Å²) in [6.45, 7) is 9.49. The van der Waals surface area contributed by atoms with Crippen molar-refractivity contribution in [2.75, 3.05) is 118 Å². The summed E-state index contributed by atoms with van der Waals surface area (Å²) in [4.78, 5) is 36.8. The molecule has 3 rings (SSSR count). The van der Waals surface area contributed by atoms with Crippen LogP contribution in [0.15, 0.2) is 72.8 Å². The van der Waals surface area contributed by atoms with Crippen LogP contribution in [0.3, 0.4) is 0 Å². The maximum atomic E-state index is 10.3. The largest absolute Gasteiger partial charge is 0.504 e. The van der Waals surface area contributed by atoms with Gasteiger partial charge in [0.15, 0.2) is 40.1 Å². The molecule has 0 spiro atoms. The third kappa shape index (κ3) is 42.3. The molecule has 0 atom stereocenters. The van der Waals surface area contributed by atoms with Crippen molar-refractivity contribution >= 4 is 17.9 Å². The summed E-state index contributed by atoms with van der Waals surface area (Å²) < 4.78 is 16.6. The van der Waals surface area contributed by atoms with Gasteiger partial charge in [-0.05, 0) is 94.6 Å². The summed E-state index contributed by atoms with van der Waals surface area (Å²) in [5.41, 5.74) is -2.74. The normalized spacial score (nSPS) is 11.0. The van der Waals surface area contributed by atoms with E-state index in [0.29, 0.717) is 76.3 Å². The number of aromatic hydroxyl groups is 3. The number of unbranched alkanes of at least 4 members (excludes halogenated alkanes) is 15. The van der Waals surface area contributed by atoms with Crippen molar-refractivity contribution < 1.29 is 95.0 Å². The minimum absolute atomic E-state index is 0.150. The molecule has 0 saturated carbocycles. The zero-order valence-electron chi connectivity index (χ0n) is 48.4. The van der Waals surface area contributed by atoms with E-state index in [0.717, 1.165) is 77.4 Å². The fourth-order valence-electron chi connectivity index (χ4n) is 8.29. The first kappa shape index (κ1) is 76.5. The number of aliphatic hydroxyl groups excluding tert-OH is 6. The molecule has 0 saturated heterocycles. The van der Waals surface area contributed by atoms with E-state index < -0.39 is 36.4 Å². The van der Waals surface area contributed by atoms with E-state index in [2.05, 4.69) is 14.7 Å². The van der Waals surface area contributed by atoms with Gasteiger partial charge in [0, 0.05) is 39.3 Å².